The molecular weight excluding hydrogens is 236 g/mol. The molecule has 3 N–H and O–H groups in total. The second-order valence-corrected chi connectivity index (χ2v) is 5.43. The molecule has 0 heterocycles. The zero-order chi connectivity index (χ0) is 14.1. The molecule has 19 heavy (non-hydrogen) atoms. The molecule has 3 nitrogen and oxygen atoms in total. The van der Waals surface area contributed by atoms with Crippen molar-refractivity contribution in [2.45, 2.75) is 51.5 Å². The minimum Gasteiger partial charge on any atom is -0.497 e. The summed E-state index contributed by atoms with van der Waals surface area (Å²) in [5, 5.41) is 3.55. The first-order valence-corrected chi connectivity index (χ1v) is 7.26. The highest BCUT2D eigenvalue weighted by Crippen LogP contribution is 2.22. The van der Waals surface area contributed by atoms with Crippen LogP contribution >= 0.6 is 0 Å². The Bertz CT molecular complexity index is 350. The van der Waals surface area contributed by atoms with E-state index in [1.54, 1.807) is 7.11 Å². The molecule has 0 saturated heterocycles. The van der Waals surface area contributed by atoms with Crippen molar-refractivity contribution in [3.8, 4) is 5.75 Å². The van der Waals surface area contributed by atoms with Crippen LogP contribution in [0.3, 0.4) is 0 Å². The van der Waals surface area contributed by atoms with Gasteiger partial charge in [-0.2, -0.15) is 0 Å². The summed E-state index contributed by atoms with van der Waals surface area (Å²) in [6.45, 7) is 5.08. The fourth-order valence-corrected chi connectivity index (χ4v) is 2.18. The van der Waals surface area contributed by atoms with E-state index in [2.05, 4.69) is 19.2 Å². The Labute approximate surface area is 117 Å². The van der Waals surface area contributed by atoms with Crippen molar-refractivity contribution >= 4 is 5.69 Å². The minimum atomic E-state index is -0.0255. The monoisotopic (exact) mass is 264 g/mol. The fourth-order valence-electron chi connectivity index (χ4n) is 2.18. The first-order chi connectivity index (χ1) is 9.13. The standard InChI is InChI=1S/C16H28N2O/c1-4-5-6-7-12-16(2,13-17)18-14-8-10-15(19-3)11-9-14/h8-11,18H,4-7,12-13,17H2,1-3H3. The van der Waals surface area contributed by atoms with E-state index >= 15 is 0 Å². The van der Waals surface area contributed by atoms with Crippen LogP contribution < -0.4 is 15.8 Å². The summed E-state index contributed by atoms with van der Waals surface area (Å²) < 4.78 is 5.16. The molecule has 3 heteroatoms. The predicted octanol–water partition coefficient (Wildman–Crippen LogP) is 3.79. The third kappa shape index (κ3) is 5.52. The van der Waals surface area contributed by atoms with Gasteiger partial charge in [-0.1, -0.05) is 32.6 Å². The third-order valence-electron chi connectivity index (χ3n) is 3.57. The van der Waals surface area contributed by atoms with Gasteiger partial charge in [0.15, 0.2) is 0 Å². The van der Waals surface area contributed by atoms with Crippen LogP contribution in [0.1, 0.15) is 46.0 Å². The van der Waals surface area contributed by atoms with Crippen LogP contribution in [0.25, 0.3) is 0 Å². The van der Waals surface area contributed by atoms with Crippen molar-refractivity contribution in [3.05, 3.63) is 24.3 Å². The Morgan fingerprint density at radius 3 is 2.37 bits per heavy atom. The summed E-state index contributed by atoms with van der Waals surface area (Å²) in [5.74, 6) is 0.878. The van der Waals surface area contributed by atoms with Gasteiger partial charge in [-0.05, 0) is 37.6 Å². The number of anilines is 1. The van der Waals surface area contributed by atoms with Gasteiger partial charge in [-0.15, -0.1) is 0 Å². The Balaban J connectivity index is 2.52. The van der Waals surface area contributed by atoms with E-state index in [0.29, 0.717) is 6.54 Å². The number of hydrogen-bond acceptors (Lipinski definition) is 3. The van der Waals surface area contributed by atoms with Gasteiger partial charge in [0.05, 0.1) is 7.11 Å². The summed E-state index contributed by atoms with van der Waals surface area (Å²) in [6.07, 6.45) is 6.20. The number of nitrogens with two attached hydrogens (primary N) is 1. The Morgan fingerprint density at radius 2 is 1.84 bits per heavy atom. The van der Waals surface area contributed by atoms with Crippen LogP contribution in [-0.2, 0) is 0 Å². The van der Waals surface area contributed by atoms with Gasteiger partial charge in [0, 0.05) is 17.8 Å². The lowest BCUT2D eigenvalue weighted by atomic mass is 9.93. The SMILES string of the molecule is CCCCCCC(C)(CN)Nc1ccc(OC)cc1. The van der Waals surface area contributed by atoms with Gasteiger partial charge in [-0.25, -0.2) is 0 Å². The van der Waals surface area contributed by atoms with Crippen LogP contribution in [0.15, 0.2) is 24.3 Å². The lowest BCUT2D eigenvalue weighted by Gasteiger charge is -2.31. The average Bonchev–Trinajstić information content (AvgIpc) is 2.44. The van der Waals surface area contributed by atoms with Gasteiger partial charge in [0.2, 0.25) is 0 Å². The van der Waals surface area contributed by atoms with Crippen molar-refractivity contribution in [2.75, 3.05) is 19.0 Å². The van der Waals surface area contributed by atoms with Gasteiger partial charge in [0.1, 0.15) is 5.75 Å². The van der Waals surface area contributed by atoms with E-state index in [-0.39, 0.29) is 5.54 Å². The molecule has 0 saturated carbocycles. The smallest absolute Gasteiger partial charge is 0.119 e. The maximum Gasteiger partial charge on any atom is 0.119 e. The molecule has 1 rings (SSSR count). The van der Waals surface area contributed by atoms with E-state index in [4.69, 9.17) is 10.5 Å². The summed E-state index contributed by atoms with van der Waals surface area (Å²) in [4.78, 5) is 0. The second-order valence-electron chi connectivity index (χ2n) is 5.43. The van der Waals surface area contributed by atoms with Crippen LogP contribution in [0.4, 0.5) is 5.69 Å². The predicted molar refractivity (Wildman–Crippen MR) is 82.8 cm³/mol. The highest BCUT2D eigenvalue weighted by atomic mass is 16.5. The van der Waals surface area contributed by atoms with Crippen molar-refractivity contribution in [1.29, 1.82) is 0 Å². The van der Waals surface area contributed by atoms with Crippen molar-refractivity contribution < 1.29 is 4.74 Å². The highest BCUT2D eigenvalue weighted by molar-refractivity contribution is 5.48. The maximum absolute atomic E-state index is 5.94. The minimum absolute atomic E-state index is 0.0255. The molecule has 0 amide bonds. The van der Waals surface area contributed by atoms with Crippen molar-refractivity contribution in [1.82, 2.24) is 0 Å². The topological polar surface area (TPSA) is 47.3 Å². The Hall–Kier alpha value is -1.22. The molecule has 0 spiro atoms. The quantitative estimate of drug-likeness (QED) is 0.667. The number of unbranched alkanes of at least 4 members (excludes halogenated alkanes) is 3. The van der Waals surface area contributed by atoms with E-state index in [1.807, 2.05) is 24.3 Å². The molecule has 0 aliphatic heterocycles. The van der Waals surface area contributed by atoms with Crippen LogP contribution in [0.2, 0.25) is 0 Å². The largest absolute Gasteiger partial charge is 0.497 e. The second kappa shape index (κ2) is 8.05. The summed E-state index contributed by atoms with van der Waals surface area (Å²) in [6, 6.07) is 8.02. The zero-order valence-electron chi connectivity index (χ0n) is 12.5. The number of hydrogen-bond donors (Lipinski definition) is 2. The zero-order valence-corrected chi connectivity index (χ0v) is 12.5. The van der Waals surface area contributed by atoms with Crippen LogP contribution in [0.5, 0.6) is 5.75 Å². The fraction of sp³-hybridized carbons (Fsp3) is 0.625. The molecule has 0 aliphatic rings. The number of benzene rings is 1. The lowest BCUT2D eigenvalue weighted by Crippen LogP contribution is -2.42. The molecule has 1 aromatic carbocycles. The number of rotatable bonds is 9. The first-order valence-electron chi connectivity index (χ1n) is 7.26. The summed E-state index contributed by atoms with van der Waals surface area (Å²) in [5.41, 5.74) is 7.01. The van der Waals surface area contributed by atoms with Crippen molar-refractivity contribution in [2.24, 2.45) is 5.73 Å². The molecule has 1 aromatic rings. The van der Waals surface area contributed by atoms with Crippen LogP contribution in [-0.4, -0.2) is 19.2 Å². The Morgan fingerprint density at radius 1 is 1.16 bits per heavy atom. The van der Waals surface area contributed by atoms with Gasteiger partial charge >= 0.3 is 0 Å². The molecular formula is C16H28N2O. The Kier molecular flexibility index (Phi) is 6.71. The number of methoxy groups -OCH3 is 1. The number of nitrogens with one attached hydrogen (secondary N) is 1. The van der Waals surface area contributed by atoms with Gasteiger partial charge < -0.3 is 15.8 Å². The number of ether oxygens (including phenoxy) is 1. The third-order valence-corrected chi connectivity index (χ3v) is 3.57. The molecule has 0 bridgehead atoms. The molecule has 1 unspecified atom stereocenters. The van der Waals surface area contributed by atoms with E-state index in [9.17, 15) is 0 Å². The summed E-state index contributed by atoms with van der Waals surface area (Å²) in [7, 11) is 1.68. The molecule has 0 aromatic heterocycles. The molecule has 0 radical (unpaired) electrons. The van der Waals surface area contributed by atoms with E-state index in [1.165, 1.54) is 25.7 Å². The van der Waals surface area contributed by atoms with Gasteiger partial charge in [0.25, 0.3) is 0 Å². The van der Waals surface area contributed by atoms with Gasteiger partial charge in [-0.3, -0.25) is 0 Å². The van der Waals surface area contributed by atoms with E-state index in [0.717, 1.165) is 17.9 Å². The normalized spacial score (nSPS) is 13.9. The van der Waals surface area contributed by atoms with E-state index < -0.39 is 0 Å². The molecule has 0 aliphatic carbocycles. The first kappa shape index (κ1) is 15.8. The maximum atomic E-state index is 5.94. The summed E-state index contributed by atoms with van der Waals surface area (Å²) >= 11 is 0. The van der Waals surface area contributed by atoms with Crippen LogP contribution in [0, 0.1) is 0 Å². The molecule has 0 fully saturated rings. The van der Waals surface area contributed by atoms with Crippen molar-refractivity contribution in [3.63, 3.8) is 0 Å². The molecule has 108 valence electrons. The average molecular weight is 264 g/mol. The molecule has 1 atom stereocenters. The highest BCUT2D eigenvalue weighted by Gasteiger charge is 2.21. The lowest BCUT2D eigenvalue weighted by molar-refractivity contribution is 0.414.